The van der Waals surface area contributed by atoms with Crippen molar-refractivity contribution >= 4 is 11.8 Å². The zero-order valence-electron chi connectivity index (χ0n) is 8.72. The molecule has 2 fully saturated rings. The van der Waals surface area contributed by atoms with Crippen LogP contribution < -0.4 is 5.32 Å². The lowest BCUT2D eigenvalue weighted by Gasteiger charge is -2.32. The quantitative estimate of drug-likeness (QED) is 0.699. The molecule has 0 aliphatic carbocycles. The number of nitrogens with one attached hydrogen (secondary N) is 1. The van der Waals surface area contributed by atoms with Gasteiger partial charge in [-0.15, -0.1) is 11.8 Å². The minimum atomic E-state index is 0.250. The summed E-state index contributed by atoms with van der Waals surface area (Å²) in [5.74, 6) is 1.90. The van der Waals surface area contributed by atoms with E-state index in [1.54, 1.807) is 0 Å². The van der Waals surface area contributed by atoms with Crippen molar-refractivity contribution in [2.24, 2.45) is 5.92 Å². The molecule has 0 saturated carbocycles. The summed E-state index contributed by atoms with van der Waals surface area (Å²) >= 11 is 2.06. The Labute approximate surface area is 84.8 Å². The van der Waals surface area contributed by atoms with Crippen molar-refractivity contribution < 1.29 is 4.74 Å². The third-order valence-corrected chi connectivity index (χ3v) is 4.93. The molecule has 2 aliphatic rings. The second-order valence-electron chi connectivity index (χ2n) is 4.97. The van der Waals surface area contributed by atoms with Gasteiger partial charge in [-0.25, -0.2) is 0 Å². The maximum absolute atomic E-state index is 5.45. The average molecular weight is 201 g/mol. The van der Waals surface area contributed by atoms with Crippen LogP contribution in [-0.2, 0) is 4.74 Å². The molecule has 13 heavy (non-hydrogen) atoms. The van der Waals surface area contributed by atoms with Crippen molar-refractivity contribution in [3.8, 4) is 0 Å². The van der Waals surface area contributed by atoms with Crippen LogP contribution in [0.3, 0.4) is 0 Å². The van der Waals surface area contributed by atoms with Gasteiger partial charge in [0.2, 0.25) is 0 Å². The number of hydrogen-bond acceptors (Lipinski definition) is 3. The van der Waals surface area contributed by atoms with Crippen LogP contribution in [0.4, 0.5) is 0 Å². The molecule has 2 aliphatic heterocycles. The van der Waals surface area contributed by atoms with E-state index in [1.165, 1.54) is 12.2 Å². The molecule has 2 saturated heterocycles. The Balaban J connectivity index is 2.05. The number of ether oxygens (including phenoxy) is 1. The molecular weight excluding hydrogens is 182 g/mol. The first-order valence-electron chi connectivity index (χ1n) is 5.03. The Morgan fingerprint density at radius 3 is 2.62 bits per heavy atom. The summed E-state index contributed by atoms with van der Waals surface area (Å²) in [7, 11) is 0. The van der Waals surface area contributed by atoms with E-state index in [1.807, 2.05) is 0 Å². The van der Waals surface area contributed by atoms with Crippen LogP contribution in [0.15, 0.2) is 0 Å². The van der Waals surface area contributed by atoms with E-state index in [2.05, 4.69) is 37.8 Å². The second-order valence-corrected chi connectivity index (χ2v) is 6.39. The van der Waals surface area contributed by atoms with Crippen LogP contribution in [0.25, 0.3) is 0 Å². The molecule has 2 heterocycles. The second kappa shape index (κ2) is 3.14. The van der Waals surface area contributed by atoms with E-state index < -0.39 is 0 Å². The smallest absolute Gasteiger partial charge is 0.0673 e. The molecule has 0 aromatic carbocycles. The number of hydrogen-bond donors (Lipinski definition) is 1. The van der Waals surface area contributed by atoms with Gasteiger partial charge in [0.25, 0.3) is 0 Å². The Morgan fingerprint density at radius 1 is 1.38 bits per heavy atom. The van der Waals surface area contributed by atoms with Gasteiger partial charge in [0.05, 0.1) is 11.5 Å². The third-order valence-electron chi connectivity index (χ3n) is 3.03. The maximum atomic E-state index is 5.45. The highest BCUT2D eigenvalue weighted by Crippen LogP contribution is 2.43. The fraction of sp³-hybridized carbons (Fsp3) is 1.00. The molecule has 2 rings (SSSR count). The van der Waals surface area contributed by atoms with Crippen LogP contribution in [0.1, 0.15) is 27.2 Å². The Kier molecular flexibility index (Phi) is 2.37. The van der Waals surface area contributed by atoms with Crippen molar-refractivity contribution in [2.75, 3.05) is 19.0 Å². The summed E-state index contributed by atoms with van der Waals surface area (Å²) in [5.41, 5.74) is 0.294. The first-order valence-corrected chi connectivity index (χ1v) is 6.01. The standard InChI is InChI=1S/C10H19NOS/c1-9(2)7-13-10(3,11-9)8-4-5-12-6-8/h8,11H,4-7H2,1-3H3. The van der Waals surface area contributed by atoms with Crippen molar-refractivity contribution in [3.05, 3.63) is 0 Å². The topological polar surface area (TPSA) is 21.3 Å². The zero-order chi connectivity index (χ0) is 9.53. The summed E-state index contributed by atoms with van der Waals surface area (Å²) in [6.45, 7) is 8.77. The van der Waals surface area contributed by atoms with Crippen LogP contribution in [0.5, 0.6) is 0 Å². The predicted octanol–water partition coefficient (Wildman–Crippen LogP) is 1.85. The summed E-state index contributed by atoms with van der Waals surface area (Å²) in [6, 6.07) is 0. The van der Waals surface area contributed by atoms with Gasteiger partial charge in [-0.2, -0.15) is 0 Å². The van der Waals surface area contributed by atoms with Crippen molar-refractivity contribution in [2.45, 2.75) is 37.6 Å². The zero-order valence-corrected chi connectivity index (χ0v) is 9.54. The first kappa shape index (κ1) is 9.81. The normalized spacial score (nSPS) is 44.1. The molecule has 0 aromatic heterocycles. The van der Waals surface area contributed by atoms with Gasteiger partial charge >= 0.3 is 0 Å². The first-order chi connectivity index (χ1) is 6.02. The summed E-state index contributed by atoms with van der Waals surface area (Å²) in [6.07, 6.45) is 1.21. The summed E-state index contributed by atoms with van der Waals surface area (Å²) in [4.78, 5) is 0.250. The van der Waals surface area contributed by atoms with Crippen LogP contribution in [0.2, 0.25) is 0 Å². The van der Waals surface area contributed by atoms with E-state index in [0.29, 0.717) is 11.5 Å². The largest absolute Gasteiger partial charge is 0.381 e. The lowest BCUT2D eigenvalue weighted by atomic mass is 9.97. The highest BCUT2D eigenvalue weighted by Gasteiger charge is 2.45. The third kappa shape index (κ3) is 1.88. The Hall–Kier alpha value is 0.270. The molecular formula is C10H19NOS. The maximum Gasteiger partial charge on any atom is 0.0673 e. The van der Waals surface area contributed by atoms with Crippen LogP contribution in [-0.4, -0.2) is 29.4 Å². The van der Waals surface area contributed by atoms with Gasteiger partial charge in [-0.05, 0) is 27.2 Å². The van der Waals surface area contributed by atoms with E-state index in [9.17, 15) is 0 Å². The monoisotopic (exact) mass is 201 g/mol. The lowest BCUT2D eigenvalue weighted by molar-refractivity contribution is 0.171. The van der Waals surface area contributed by atoms with Crippen LogP contribution in [0, 0.1) is 5.92 Å². The summed E-state index contributed by atoms with van der Waals surface area (Å²) in [5, 5.41) is 3.73. The Bertz CT molecular complexity index is 201. The average Bonchev–Trinajstić information content (AvgIpc) is 2.58. The van der Waals surface area contributed by atoms with E-state index in [0.717, 1.165) is 13.2 Å². The van der Waals surface area contributed by atoms with E-state index in [-0.39, 0.29) is 4.87 Å². The molecule has 2 atom stereocenters. The molecule has 0 spiro atoms. The molecule has 0 bridgehead atoms. The molecule has 0 aromatic rings. The molecule has 3 heteroatoms. The molecule has 2 unspecified atom stereocenters. The number of rotatable bonds is 1. The van der Waals surface area contributed by atoms with Crippen molar-refractivity contribution in [1.82, 2.24) is 5.32 Å². The van der Waals surface area contributed by atoms with E-state index >= 15 is 0 Å². The minimum absolute atomic E-state index is 0.250. The van der Waals surface area contributed by atoms with Gasteiger partial charge in [0, 0.05) is 23.8 Å². The van der Waals surface area contributed by atoms with Gasteiger partial charge < -0.3 is 4.74 Å². The fourth-order valence-corrected chi connectivity index (χ4v) is 3.77. The SMILES string of the molecule is CC1(C)CSC(C)(C2CCOC2)N1. The van der Waals surface area contributed by atoms with Gasteiger partial charge in [0.15, 0.2) is 0 Å². The van der Waals surface area contributed by atoms with Gasteiger partial charge in [-0.3, -0.25) is 5.32 Å². The van der Waals surface area contributed by atoms with Gasteiger partial charge in [-0.1, -0.05) is 0 Å². The van der Waals surface area contributed by atoms with Crippen LogP contribution >= 0.6 is 11.8 Å². The molecule has 76 valence electrons. The minimum Gasteiger partial charge on any atom is -0.381 e. The van der Waals surface area contributed by atoms with E-state index in [4.69, 9.17) is 4.74 Å². The highest BCUT2D eigenvalue weighted by atomic mass is 32.2. The van der Waals surface area contributed by atoms with Gasteiger partial charge in [0.1, 0.15) is 0 Å². The Morgan fingerprint density at radius 2 is 2.15 bits per heavy atom. The molecule has 0 amide bonds. The van der Waals surface area contributed by atoms with Crippen molar-refractivity contribution in [3.63, 3.8) is 0 Å². The lowest BCUT2D eigenvalue weighted by Crippen LogP contribution is -2.49. The molecule has 2 nitrogen and oxygen atoms in total. The molecule has 1 N–H and O–H groups in total. The van der Waals surface area contributed by atoms with Crippen molar-refractivity contribution in [1.29, 1.82) is 0 Å². The fourth-order valence-electron chi connectivity index (χ4n) is 2.26. The number of thioether (sulfide) groups is 1. The summed E-state index contributed by atoms with van der Waals surface area (Å²) < 4.78 is 5.45. The highest BCUT2D eigenvalue weighted by molar-refractivity contribution is 8.00. The predicted molar refractivity (Wildman–Crippen MR) is 57.0 cm³/mol. The molecule has 0 radical (unpaired) electrons.